The van der Waals surface area contributed by atoms with Crippen LogP contribution >= 0.6 is 0 Å². The summed E-state index contributed by atoms with van der Waals surface area (Å²) in [5.74, 6) is 0.682. The average molecular weight is 511 g/mol. The molecule has 0 radical (unpaired) electrons. The van der Waals surface area contributed by atoms with E-state index >= 15 is 0 Å². The van der Waals surface area contributed by atoms with Gasteiger partial charge in [-0.2, -0.15) is 0 Å². The van der Waals surface area contributed by atoms with Gasteiger partial charge in [-0.1, -0.05) is 91.0 Å². The molecule has 0 aliphatic carbocycles. The second-order valence-corrected chi connectivity index (χ2v) is 10.3. The van der Waals surface area contributed by atoms with Crippen LogP contribution in [0.15, 0.2) is 134 Å². The lowest BCUT2D eigenvalue weighted by molar-refractivity contribution is 1.01. The van der Waals surface area contributed by atoms with E-state index in [1.54, 1.807) is 0 Å². The van der Waals surface area contributed by atoms with Crippen LogP contribution in [0.3, 0.4) is 0 Å². The number of aromatic nitrogens is 4. The number of para-hydroxylation sites is 3. The van der Waals surface area contributed by atoms with Gasteiger partial charge in [-0.05, 0) is 41.8 Å². The summed E-state index contributed by atoms with van der Waals surface area (Å²) >= 11 is 0. The van der Waals surface area contributed by atoms with Crippen molar-refractivity contribution in [3.8, 4) is 11.6 Å². The Kier molecular flexibility index (Phi) is 4.30. The standard InChI is InChI=1S/C36H22N4/c1-3-13-25-23(10-1)12-9-19-31(25)39-32-17-7-4-14-26(32)28-21-35-29(20-34(28)39)27-15-5-8-18-33(27)40(35)36-37-22-24-11-2-6-16-30(24)38-36/h1-22H. The first-order valence-electron chi connectivity index (χ1n) is 13.5. The fraction of sp³-hybridized carbons (Fsp3) is 0. The maximum atomic E-state index is 4.99. The zero-order valence-corrected chi connectivity index (χ0v) is 21.5. The predicted molar refractivity (Wildman–Crippen MR) is 166 cm³/mol. The molecule has 0 amide bonds. The monoisotopic (exact) mass is 510 g/mol. The second-order valence-electron chi connectivity index (χ2n) is 10.3. The first-order chi connectivity index (χ1) is 19.8. The van der Waals surface area contributed by atoms with E-state index < -0.39 is 0 Å². The van der Waals surface area contributed by atoms with Crippen molar-refractivity contribution in [2.24, 2.45) is 0 Å². The Hall–Kier alpha value is -5.48. The minimum atomic E-state index is 0.682. The van der Waals surface area contributed by atoms with E-state index in [0.717, 1.165) is 21.9 Å². The zero-order chi connectivity index (χ0) is 26.2. The van der Waals surface area contributed by atoms with E-state index in [-0.39, 0.29) is 0 Å². The summed E-state index contributed by atoms with van der Waals surface area (Å²) in [7, 11) is 0. The van der Waals surface area contributed by atoms with E-state index in [0.29, 0.717) is 5.95 Å². The van der Waals surface area contributed by atoms with Crippen LogP contribution in [0.25, 0.3) is 76.9 Å². The highest BCUT2D eigenvalue weighted by Crippen LogP contribution is 2.40. The molecule has 0 saturated carbocycles. The van der Waals surface area contributed by atoms with Crippen molar-refractivity contribution in [3.63, 3.8) is 0 Å². The molecule has 4 nitrogen and oxygen atoms in total. The molecular weight excluding hydrogens is 488 g/mol. The van der Waals surface area contributed by atoms with Crippen LogP contribution in [0.4, 0.5) is 0 Å². The molecule has 0 spiro atoms. The number of hydrogen-bond donors (Lipinski definition) is 0. The van der Waals surface area contributed by atoms with E-state index in [4.69, 9.17) is 9.97 Å². The number of benzene rings is 6. The molecule has 3 heterocycles. The molecule has 9 rings (SSSR count). The summed E-state index contributed by atoms with van der Waals surface area (Å²) in [5.41, 5.74) is 6.70. The normalized spacial score (nSPS) is 12.0. The quantitative estimate of drug-likeness (QED) is 0.233. The molecule has 4 heteroatoms. The summed E-state index contributed by atoms with van der Waals surface area (Å²) in [6, 6.07) is 45.3. The molecule has 0 aliphatic rings. The van der Waals surface area contributed by atoms with Gasteiger partial charge in [-0.3, -0.25) is 4.57 Å². The van der Waals surface area contributed by atoms with E-state index in [2.05, 4.69) is 118 Å². The molecular formula is C36H22N4. The van der Waals surface area contributed by atoms with Crippen LogP contribution in [0.1, 0.15) is 0 Å². The molecule has 0 atom stereocenters. The largest absolute Gasteiger partial charge is 0.309 e. The van der Waals surface area contributed by atoms with Gasteiger partial charge in [-0.15, -0.1) is 0 Å². The van der Waals surface area contributed by atoms with Gasteiger partial charge in [0.15, 0.2) is 0 Å². The fourth-order valence-electron chi connectivity index (χ4n) is 6.38. The summed E-state index contributed by atoms with van der Waals surface area (Å²) in [5, 5.41) is 8.31. The Morgan fingerprint density at radius 1 is 0.425 bits per heavy atom. The zero-order valence-electron chi connectivity index (χ0n) is 21.5. The fourth-order valence-corrected chi connectivity index (χ4v) is 6.38. The van der Waals surface area contributed by atoms with Crippen LogP contribution in [0.2, 0.25) is 0 Å². The topological polar surface area (TPSA) is 35.6 Å². The summed E-state index contributed by atoms with van der Waals surface area (Å²) < 4.78 is 4.63. The van der Waals surface area contributed by atoms with Gasteiger partial charge in [0.05, 0.1) is 33.3 Å². The Morgan fingerprint density at radius 2 is 1.00 bits per heavy atom. The van der Waals surface area contributed by atoms with Gasteiger partial charge in [-0.25, -0.2) is 9.97 Å². The van der Waals surface area contributed by atoms with Crippen LogP contribution in [-0.2, 0) is 0 Å². The van der Waals surface area contributed by atoms with Crippen LogP contribution in [0, 0.1) is 0 Å². The van der Waals surface area contributed by atoms with Gasteiger partial charge >= 0.3 is 0 Å². The van der Waals surface area contributed by atoms with Crippen molar-refractivity contribution in [1.29, 1.82) is 0 Å². The maximum Gasteiger partial charge on any atom is 0.235 e. The minimum Gasteiger partial charge on any atom is -0.309 e. The highest BCUT2D eigenvalue weighted by Gasteiger charge is 2.19. The lowest BCUT2D eigenvalue weighted by Gasteiger charge is -2.12. The lowest BCUT2D eigenvalue weighted by Crippen LogP contribution is -2.01. The summed E-state index contributed by atoms with van der Waals surface area (Å²) in [4.78, 5) is 9.82. The second kappa shape index (κ2) is 8.01. The Balaban J connectivity index is 1.45. The molecule has 0 unspecified atom stereocenters. The van der Waals surface area contributed by atoms with Crippen LogP contribution < -0.4 is 0 Å². The molecule has 0 aliphatic heterocycles. The van der Waals surface area contributed by atoms with Crippen molar-refractivity contribution in [2.75, 3.05) is 0 Å². The molecule has 0 bridgehead atoms. The first-order valence-corrected chi connectivity index (χ1v) is 13.5. The van der Waals surface area contributed by atoms with Crippen LogP contribution in [0.5, 0.6) is 0 Å². The Morgan fingerprint density at radius 3 is 1.77 bits per heavy atom. The summed E-state index contributed by atoms with van der Waals surface area (Å²) in [6.45, 7) is 0. The molecule has 40 heavy (non-hydrogen) atoms. The van der Waals surface area contributed by atoms with E-state index in [9.17, 15) is 0 Å². The van der Waals surface area contributed by atoms with Crippen LogP contribution in [-0.4, -0.2) is 19.1 Å². The van der Waals surface area contributed by atoms with Gasteiger partial charge in [0.2, 0.25) is 5.95 Å². The van der Waals surface area contributed by atoms with E-state index in [1.807, 2.05) is 24.4 Å². The average Bonchev–Trinajstić information content (AvgIpc) is 3.51. The van der Waals surface area contributed by atoms with Crippen molar-refractivity contribution in [3.05, 3.63) is 134 Å². The van der Waals surface area contributed by atoms with Gasteiger partial charge in [0, 0.05) is 38.5 Å². The van der Waals surface area contributed by atoms with Gasteiger partial charge in [0.25, 0.3) is 0 Å². The maximum absolute atomic E-state index is 4.99. The van der Waals surface area contributed by atoms with Crippen molar-refractivity contribution in [2.45, 2.75) is 0 Å². The highest BCUT2D eigenvalue weighted by molar-refractivity contribution is 6.19. The summed E-state index contributed by atoms with van der Waals surface area (Å²) in [6.07, 6.45) is 1.92. The van der Waals surface area contributed by atoms with Crippen molar-refractivity contribution in [1.82, 2.24) is 19.1 Å². The molecule has 0 N–H and O–H groups in total. The van der Waals surface area contributed by atoms with Gasteiger partial charge < -0.3 is 4.57 Å². The lowest BCUT2D eigenvalue weighted by atomic mass is 10.1. The highest BCUT2D eigenvalue weighted by atomic mass is 15.2. The Bertz CT molecular complexity index is 2440. The smallest absolute Gasteiger partial charge is 0.235 e. The van der Waals surface area contributed by atoms with Crippen molar-refractivity contribution < 1.29 is 0 Å². The number of rotatable bonds is 2. The Labute approximate surface area is 229 Å². The molecule has 3 aromatic heterocycles. The number of hydrogen-bond acceptors (Lipinski definition) is 2. The molecule has 0 saturated heterocycles. The number of nitrogens with zero attached hydrogens (tertiary/aromatic N) is 4. The molecule has 6 aromatic carbocycles. The molecule has 0 fully saturated rings. The minimum absolute atomic E-state index is 0.682. The molecule has 9 aromatic rings. The molecule has 186 valence electrons. The third-order valence-electron chi connectivity index (χ3n) is 8.15. The van der Waals surface area contributed by atoms with Crippen molar-refractivity contribution >= 4 is 65.3 Å². The van der Waals surface area contributed by atoms with E-state index in [1.165, 1.54) is 49.0 Å². The third-order valence-corrected chi connectivity index (χ3v) is 8.15. The number of fused-ring (bicyclic) bond motifs is 8. The third kappa shape index (κ3) is 2.90. The SMILES string of the molecule is c1ccc2nc(-n3c4ccccc4c4cc5c(cc43)c3ccccc3n5-c3cccc4ccccc34)ncc2c1. The van der Waals surface area contributed by atoms with Gasteiger partial charge in [0.1, 0.15) is 0 Å². The predicted octanol–water partition coefficient (Wildman–Crippen LogP) is 8.98. The first kappa shape index (κ1) is 21.5.